The Hall–Kier alpha value is -0.610. The van der Waals surface area contributed by atoms with E-state index in [4.69, 9.17) is 9.84 Å². The predicted molar refractivity (Wildman–Crippen MR) is 66.8 cm³/mol. The molecule has 4 nitrogen and oxygen atoms in total. The van der Waals surface area contributed by atoms with Gasteiger partial charge >= 0.3 is 5.97 Å². The van der Waals surface area contributed by atoms with Crippen LogP contribution in [0.4, 0.5) is 0 Å². The van der Waals surface area contributed by atoms with E-state index in [0.717, 1.165) is 38.5 Å². The Kier molecular flexibility index (Phi) is 11.4. The van der Waals surface area contributed by atoms with Crippen LogP contribution in [0.25, 0.3) is 0 Å². The lowest BCUT2D eigenvalue weighted by Gasteiger charge is -2.11. The topological polar surface area (TPSA) is 55.8 Å². The van der Waals surface area contributed by atoms with Gasteiger partial charge in [-0.1, -0.05) is 32.1 Å². The molecule has 1 unspecified atom stereocenters. The highest BCUT2D eigenvalue weighted by atomic mass is 16.5. The van der Waals surface area contributed by atoms with Crippen molar-refractivity contribution < 1.29 is 19.4 Å². The molecule has 0 heterocycles. The smallest absolute Gasteiger partial charge is 0.305 e. The lowest BCUT2D eigenvalue weighted by Crippen LogP contribution is -2.14. The Morgan fingerprint density at radius 3 is 2.18 bits per heavy atom. The first kappa shape index (κ1) is 16.4. The van der Waals surface area contributed by atoms with Crippen molar-refractivity contribution in [3.05, 3.63) is 0 Å². The quantitative estimate of drug-likeness (QED) is 0.449. The van der Waals surface area contributed by atoms with Crippen LogP contribution >= 0.6 is 0 Å². The molecular weight excluding hydrogens is 220 g/mol. The van der Waals surface area contributed by atoms with Gasteiger partial charge in [-0.25, -0.2) is 0 Å². The first-order valence-corrected chi connectivity index (χ1v) is 6.45. The van der Waals surface area contributed by atoms with Gasteiger partial charge in [0, 0.05) is 13.5 Å². The third-order valence-electron chi connectivity index (χ3n) is 2.92. The Morgan fingerprint density at radius 1 is 1.06 bits per heavy atom. The Bertz CT molecular complexity index is 178. The highest BCUT2D eigenvalue weighted by Gasteiger charge is 2.04. The van der Waals surface area contributed by atoms with E-state index in [9.17, 15) is 4.79 Å². The van der Waals surface area contributed by atoms with Crippen LogP contribution in [0, 0.1) is 0 Å². The van der Waals surface area contributed by atoms with Crippen LogP contribution in [-0.2, 0) is 14.3 Å². The Labute approximate surface area is 104 Å². The van der Waals surface area contributed by atoms with Crippen molar-refractivity contribution in [3.63, 3.8) is 0 Å². The van der Waals surface area contributed by atoms with Crippen molar-refractivity contribution >= 4 is 5.97 Å². The van der Waals surface area contributed by atoms with Gasteiger partial charge in [-0.3, -0.25) is 4.79 Å². The van der Waals surface area contributed by atoms with Gasteiger partial charge in [0.25, 0.3) is 0 Å². The second kappa shape index (κ2) is 11.9. The number of carbonyl (C=O) groups is 1. The summed E-state index contributed by atoms with van der Waals surface area (Å²) in [7, 11) is 3.06. The fourth-order valence-electron chi connectivity index (χ4n) is 1.73. The molecule has 1 N–H and O–H groups in total. The van der Waals surface area contributed by atoms with E-state index in [1.165, 1.54) is 13.5 Å². The fraction of sp³-hybridized carbons (Fsp3) is 0.923. The van der Waals surface area contributed by atoms with Crippen molar-refractivity contribution in [1.29, 1.82) is 0 Å². The minimum absolute atomic E-state index is 0.00526. The highest BCUT2D eigenvalue weighted by molar-refractivity contribution is 5.68. The van der Waals surface area contributed by atoms with Crippen molar-refractivity contribution in [1.82, 2.24) is 0 Å². The number of hydrogen-bond donors (Lipinski definition) is 1. The molecule has 0 saturated carbocycles. The molecule has 0 spiro atoms. The van der Waals surface area contributed by atoms with E-state index in [1.54, 1.807) is 7.11 Å². The van der Waals surface area contributed by atoms with Crippen molar-refractivity contribution in [3.8, 4) is 0 Å². The number of aliphatic hydroxyl groups is 1. The van der Waals surface area contributed by atoms with E-state index in [1.807, 2.05) is 0 Å². The molecule has 0 bridgehead atoms. The average molecular weight is 246 g/mol. The third kappa shape index (κ3) is 10.3. The Balaban J connectivity index is 3.16. The molecule has 0 radical (unpaired) electrons. The molecule has 0 amide bonds. The van der Waals surface area contributed by atoms with Gasteiger partial charge in [-0.2, -0.15) is 0 Å². The molecule has 0 saturated heterocycles. The van der Waals surface area contributed by atoms with Crippen LogP contribution in [0.3, 0.4) is 0 Å². The summed E-state index contributed by atoms with van der Waals surface area (Å²) < 4.78 is 9.65. The summed E-state index contributed by atoms with van der Waals surface area (Å²) in [5.41, 5.74) is 0. The van der Waals surface area contributed by atoms with Crippen molar-refractivity contribution in [2.75, 3.05) is 20.8 Å². The molecule has 0 aromatic rings. The zero-order valence-corrected chi connectivity index (χ0v) is 11.1. The number of aliphatic hydroxyl groups excluding tert-OH is 1. The van der Waals surface area contributed by atoms with Crippen LogP contribution in [0.15, 0.2) is 0 Å². The van der Waals surface area contributed by atoms with E-state index < -0.39 is 0 Å². The first-order chi connectivity index (χ1) is 8.24. The normalized spacial score (nSPS) is 12.4. The largest absolute Gasteiger partial charge is 0.469 e. The molecule has 17 heavy (non-hydrogen) atoms. The van der Waals surface area contributed by atoms with Gasteiger partial charge in [-0.15, -0.1) is 0 Å². The predicted octanol–water partition coefficient (Wildman–Crippen LogP) is 2.29. The zero-order valence-electron chi connectivity index (χ0n) is 11.1. The summed E-state index contributed by atoms with van der Waals surface area (Å²) in [6.07, 6.45) is 8.06. The molecule has 0 fully saturated rings. The van der Waals surface area contributed by atoms with Crippen LogP contribution in [0.1, 0.15) is 51.4 Å². The lowest BCUT2D eigenvalue weighted by atomic mass is 10.1. The van der Waals surface area contributed by atoms with Gasteiger partial charge < -0.3 is 14.6 Å². The second-order valence-electron chi connectivity index (χ2n) is 4.28. The minimum Gasteiger partial charge on any atom is -0.469 e. The first-order valence-electron chi connectivity index (χ1n) is 6.45. The summed E-state index contributed by atoms with van der Waals surface area (Å²) in [5, 5.41) is 8.91. The van der Waals surface area contributed by atoms with Gasteiger partial charge in [0.2, 0.25) is 0 Å². The van der Waals surface area contributed by atoms with E-state index in [0.29, 0.717) is 6.42 Å². The summed E-state index contributed by atoms with van der Waals surface area (Å²) in [6, 6.07) is 0. The lowest BCUT2D eigenvalue weighted by molar-refractivity contribution is -0.140. The molecule has 4 heteroatoms. The standard InChI is InChI=1S/C13H26O4/c1-16-12(11-14)9-7-5-3-4-6-8-10-13(15)17-2/h12,14H,3-11H2,1-2H3. The summed E-state index contributed by atoms with van der Waals surface area (Å²) in [6.45, 7) is 0.107. The van der Waals surface area contributed by atoms with Crippen LogP contribution in [0.5, 0.6) is 0 Å². The number of ether oxygens (including phenoxy) is 2. The molecule has 0 rings (SSSR count). The average Bonchev–Trinajstić information content (AvgIpc) is 2.36. The number of unbranched alkanes of at least 4 members (excludes halogenated alkanes) is 5. The van der Waals surface area contributed by atoms with Gasteiger partial charge in [-0.05, 0) is 12.8 Å². The van der Waals surface area contributed by atoms with E-state index in [-0.39, 0.29) is 18.7 Å². The minimum atomic E-state index is -0.115. The van der Waals surface area contributed by atoms with Crippen LogP contribution in [0.2, 0.25) is 0 Å². The third-order valence-corrected chi connectivity index (χ3v) is 2.92. The maximum atomic E-state index is 10.8. The maximum absolute atomic E-state index is 10.8. The summed E-state index contributed by atoms with van der Waals surface area (Å²) >= 11 is 0. The maximum Gasteiger partial charge on any atom is 0.305 e. The van der Waals surface area contributed by atoms with Gasteiger partial charge in [0.15, 0.2) is 0 Å². The van der Waals surface area contributed by atoms with E-state index >= 15 is 0 Å². The summed E-state index contributed by atoms with van der Waals surface area (Å²) in [5.74, 6) is -0.115. The van der Waals surface area contributed by atoms with Crippen LogP contribution < -0.4 is 0 Å². The van der Waals surface area contributed by atoms with Crippen molar-refractivity contribution in [2.24, 2.45) is 0 Å². The molecule has 0 aromatic heterocycles. The second-order valence-corrected chi connectivity index (χ2v) is 4.28. The zero-order chi connectivity index (χ0) is 12.9. The fourth-order valence-corrected chi connectivity index (χ4v) is 1.73. The van der Waals surface area contributed by atoms with Crippen molar-refractivity contribution in [2.45, 2.75) is 57.5 Å². The number of hydrogen-bond acceptors (Lipinski definition) is 4. The van der Waals surface area contributed by atoms with Gasteiger partial charge in [0.1, 0.15) is 0 Å². The highest BCUT2D eigenvalue weighted by Crippen LogP contribution is 2.10. The molecule has 0 aromatic carbocycles. The van der Waals surface area contributed by atoms with Gasteiger partial charge in [0.05, 0.1) is 19.8 Å². The molecular formula is C13H26O4. The molecule has 0 aliphatic rings. The SMILES string of the molecule is COC(=O)CCCCCCCCC(CO)OC. The number of rotatable bonds is 11. The monoisotopic (exact) mass is 246 g/mol. The molecule has 0 aliphatic heterocycles. The number of carbonyl (C=O) groups excluding carboxylic acids is 1. The number of methoxy groups -OCH3 is 2. The molecule has 0 aliphatic carbocycles. The number of esters is 1. The van der Waals surface area contributed by atoms with E-state index in [2.05, 4.69) is 4.74 Å². The molecule has 1 atom stereocenters. The molecule has 102 valence electrons. The van der Waals surface area contributed by atoms with Crippen LogP contribution in [-0.4, -0.2) is 38.0 Å². The summed E-state index contributed by atoms with van der Waals surface area (Å²) in [4.78, 5) is 10.8. The Morgan fingerprint density at radius 2 is 1.65 bits per heavy atom.